The van der Waals surface area contributed by atoms with Crippen molar-refractivity contribution >= 4 is 45.9 Å². The first-order valence-electron chi connectivity index (χ1n) is 14.0. The number of fused-ring (bicyclic) bond motifs is 2. The van der Waals surface area contributed by atoms with Gasteiger partial charge in [-0.05, 0) is 25.0 Å². The Bertz CT molecular complexity index is 1830. The third kappa shape index (κ3) is 4.80. The van der Waals surface area contributed by atoms with Crippen molar-refractivity contribution in [3.8, 4) is 10.4 Å². The third-order valence-corrected chi connectivity index (χ3v) is 9.05. The maximum atomic E-state index is 12.8. The molecule has 2 atom stereocenters. The number of ether oxygens (including phenoxy) is 1. The first-order valence-corrected chi connectivity index (χ1v) is 14.8. The molecule has 42 heavy (non-hydrogen) atoms. The topological polar surface area (TPSA) is 180 Å². The van der Waals surface area contributed by atoms with Gasteiger partial charge in [0.05, 0.1) is 30.5 Å². The van der Waals surface area contributed by atoms with E-state index >= 15 is 0 Å². The molecule has 5 aromatic heterocycles. The number of primary amides is 1. The summed E-state index contributed by atoms with van der Waals surface area (Å²) in [5.74, 6) is 0.378. The highest BCUT2D eigenvalue weighted by molar-refractivity contribution is 7.15. The Balaban J connectivity index is 1.23. The lowest BCUT2D eigenvalue weighted by Gasteiger charge is -2.30. The van der Waals surface area contributed by atoms with Crippen molar-refractivity contribution in [2.75, 3.05) is 36.5 Å². The number of carbonyl (C=O) groups is 1. The number of rotatable bonds is 7. The smallest absolute Gasteiger partial charge is 0.254 e. The van der Waals surface area contributed by atoms with Crippen LogP contribution in [0.1, 0.15) is 46.6 Å². The maximum absolute atomic E-state index is 12.8. The maximum Gasteiger partial charge on any atom is 0.254 e. The fraction of sp³-hybridized carbons (Fsp3) is 0.393. The molecule has 14 heteroatoms. The quantitative estimate of drug-likeness (QED) is 0.254. The van der Waals surface area contributed by atoms with Gasteiger partial charge in [-0.25, -0.2) is 4.98 Å². The number of anilines is 2. The number of nitrogens with two attached hydrogens (primary N) is 2. The molecule has 0 radical (unpaired) electrons. The molecule has 13 nitrogen and oxygen atoms in total. The van der Waals surface area contributed by atoms with Crippen LogP contribution in [0.5, 0.6) is 0 Å². The first kappa shape index (κ1) is 26.6. The number of hydrogen-bond acceptors (Lipinski definition) is 12. The monoisotopic (exact) mass is 590 g/mol. The second-order valence-electron chi connectivity index (χ2n) is 10.6. The van der Waals surface area contributed by atoms with Crippen molar-refractivity contribution in [2.24, 2.45) is 11.5 Å². The van der Waals surface area contributed by atoms with Gasteiger partial charge in [0.1, 0.15) is 18.2 Å². The van der Waals surface area contributed by atoms with Crippen LogP contribution in [-0.2, 0) is 11.2 Å². The summed E-state index contributed by atoms with van der Waals surface area (Å²) in [4.78, 5) is 34.0. The average molecular weight is 591 g/mol. The van der Waals surface area contributed by atoms with E-state index in [1.54, 1.807) is 10.7 Å². The minimum Gasteiger partial charge on any atom is -0.456 e. The van der Waals surface area contributed by atoms with Crippen molar-refractivity contribution in [2.45, 2.75) is 44.2 Å². The Morgan fingerprint density at radius 3 is 2.81 bits per heavy atom. The van der Waals surface area contributed by atoms with E-state index in [1.165, 1.54) is 23.7 Å². The number of furan rings is 1. The highest BCUT2D eigenvalue weighted by Crippen LogP contribution is 2.37. The Hall–Kier alpha value is -4.27. The number of nitrogens with zero attached hydrogens (tertiary/aromatic N) is 5. The summed E-state index contributed by atoms with van der Waals surface area (Å²) in [6.07, 6.45) is 7.43. The number of hydrogen-bond donors (Lipinski definition) is 3. The fourth-order valence-corrected chi connectivity index (χ4v) is 6.75. The summed E-state index contributed by atoms with van der Waals surface area (Å²) in [5, 5.41) is 11.7. The van der Waals surface area contributed by atoms with E-state index in [0.717, 1.165) is 35.4 Å². The van der Waals surface area contributed by atoms with Crippen LogP contribution in [0.3, 0.4) is 0 Å². The van der Waals surface area contributed by atoms with Gasteiger partial charge in [0.15, 0.2) is 17.1 Å². The lowest BCUT2D eigenvalue weighted by molar-refractivity contribution is 0.1000. The normalized spacial score (nSPS) is 19.5. The molecule has 0 unspecified atom stereocenters. The number of amides is 1. The second-order valence-corrected chi connectivity index (χ2v) is 11.8. The van der Waals surface area contributed by atoms with Crippen LogP contribution < -0.4 is 27.1 Å². The van der Waals surface area contributed by atoms with Crippen LogP contribution >= 0.6 is 11.3 Å². The van der Waals surface area contributed by atoms with Gasteiger partial charge in [0.2, 0.25) is 17.0 Å². The standard InChI is InChI=1S/C28H30N8O5S/c29-17-3-1-2-4-18(17)32-28-33-19(23(26(30)38)27-34-31-14-36(27)28)11-15-5-6-21(42-15)16-13-40-25-20(37)12-22(41-24(16)25)35-7-9-39-10-8-35/h5-6,12-14,17-18H,1-4,7-11,29H2,(H2,30,38)(H,32,33)/t17-,18+/m1/s1. The highest BCUT2D eigenvalue weighted by atomic mass is 32.1. The first-order chi connectivity index (χ1) is 20.5. The zero-order valence-electron chi connectivity index (χ0n) is 22.7. The Labute approximate surface area is 243 Å². The zero-order chi connectivity index (χ0) is 28.8. The van der Waals surface area contributed by atoms with Crippen LogP contribution in [-0.4, -0.2) is 63.9 Å². The fourth-order valence-electron chi connectivity index (χ4n) is 5.74. The van der Waals surface area contributed by atoms with E-state index in [4.69, 9.17) is 30.0 Å². The van der Waals surface area contributed by atoms with Gasteiger partial charge in [-0.15, -0.1) is 21.5 Å². The van der Waals surface area contributed by atoms with Crippen LogP contribution in [0.4, 0.5) is 11.8 Å². The minimum atomic E-state index is -0.633. The molecule has 1 aliphatic heterocycles. The van der Waals surface area contributed by atoms with E-state index < -0.39 is 5.91 Å². The van der Waals surface area contributed by atoms with E-state index in [9.17, 15) is 9.59 Å². The van der Waals surface area contributed by atoms with Gasteiger partial charge in [-0.3, -0.25) is 14.0 Å². The summed E-state index contributed by atoms with van der Waals surface area (Å²) in [6, 6.07) is 5.40. The number of aromatic nitrogens is 4. The van der Waals surface area contributed by atoms with Gasteiger partial charge in [0.25, 0.3) is 5.91 Å². The van der Waals surface area contributed by atoms with E-state index in [-0.39, 0.29) is 28.7 Å². The molecule has 0 bridgehead atoms. The van der Waals surface area contributed by atoms with Gasteiger partial charge in [0, 0.05) is 41.3 Å². The Kier molecular flexibility index (Phi) is 6.88. The number of nitrogens with one attached hydrogen (secondary N) is 1. The van der Waals surface area contributed by atoms with Gasteiger partial charge in [-0.2, -0.15) is 0 Å². The third-order valence-electron chi connectivity index (χ3n) is 7.93. The molecule has 0 aromatic carbocycles. The van der Waals surface area contributed by atoms with Crippen LogP contribution in [0.25, 0.3) is 27.3 Å². The summed E-state index contributed by atoms with van der Waals surface area (Å²) >= 11 is 1.49. The van der Waals surface area contributed by atoms with Gasteiger partial charge in [-0.1, -0.05) is 12.8 Å². The van der Waals surface area contributed by atoms with Crippen molar-refractivity contribution in [1.82, 2.24) is 19.6 Å². The lowest BCUT2D eigenvalue weighted by Crippen LogP contribution is -2.43. The Morgan fingerprint density at radius 1 is 1.17 bits per heavy atom. The largest absolute Gasteiger partial charge is 0.456 e. The molecule has 2 fully saturated rings. The van der Waals surface area contributed by atoms with Crippen molar-refractivity contribution < 1.29 is 18.4 Å². The number of morpholine rings is 1. The summed E-state index contributed by atoms with van der Waals surface area (Å²) in [5.41, 5.74) is 14.3. The highest BCUT2D eigenvalue weighted by Gasteiger charge is 2.26. The molecule has 5 N–H and O–H groups in total. The molecule has 1 saturated heterocycles. The number of thiophene rings is 1. The Morgan fingerprint density at radius 2 is 2.00 bits per heavy atom. The van der Waals surface area contributed by atoms with E-state index in [0.29, 0.717) is 67.0 Å². The molecule has 0 spiro atoms. The van der Waals surface area contributed by atoms with E-state index in [1.807, 2.05) is 17.0 Å². The molecule has 5 aromatic rings. The minimum absolute atomic E-state index is 0.000187. The summed E-state index contributed by atoms with van der Waals surface area (Å²) < 4.78 is 18.9. The molecule has 7 rings (SSSR count). The molecule has 2 aliphatic rings. The second kappa shape index (κ2) is 10.9. The SMILES string of the molecule is NC(=O)c1c(Cc2ccc(-c3coc4c(=O)cc(N5CCOCC5)oc34)s2)nc(N[C@H]2CCCC[C@H]2N)n2cnnc12. The summed E-state index contributed by atoms with van der Waals surface area (Å²) in [7, 11) is 0. The zero-order valence-corrected chi connectivity index (χ0v) is 23.6. The molecule has 1 aliphatic carbocycles. The predicted octanol–water partition coefficient (Wildman–Crippen LogP) is 2.76. The van der Waals surface area contributed by atoms with Crippen molar-refractivity contribution in [3.05, 3.63) is 57.1 Å². The molecular weight excluding hydrogens is 560 g/mol. The van der Waals surface area contributed by atoms with Crippen LogP contribution in [0.2, 0.25) is 0 Å². The lowest BCUT2D eigenvalue weighted by atomic mass is 9.91. The van der Waals surface area contributed by atoms with Crippen LogP contribution in [0, 0.1) is 0 Å². The van der Waals surface area contributed by atoms with Gasteiger partial charge >= 0.3 is 0 Å². The van der Waals surface area contributed by atoms with Crippen LogP contribution in [0.15, 0.2) is 44.4 Å². The van der Waals surface area contributed by atoms with Crippen molar-refractivity contribution in [1.29, 1.82) is 0 Å². The average Bonchev–Trinajstić information content (AvgIpc) is 3.75. The summed E-state index contributed by atoms with van der Waals surface area (Å²) in [6.45, 7) is 2.42. The molecule has 1 saturated carbocycles. The van der Waals surface area contributed by atoms with E-state index in [2.05, 4.69) is 15.5 Å². The molecular formula is C28H30N8O5S. The predicted molar refractivity (Wildman–Crippen MR) is 157 cm³/mol. The molecule has 1 amide bonds. The van der Waals surface area contributed by atoms with Gasteiger partial charge < -0.3 is 35.3 Å². The molecule has 218 valence electrons. The number of carbonyl (C=O) groups excluding carboxylic acids is 1. The molecule has 6 heterocycles. The van der Waals surface area contributed by atoms with Crippen molar-refractivity contribution in [3.63, 3.8) is 0 Å².